The van der Waals surface area contributed by atoms with Crippen LogP contribution in [0.3, 0.4) is 0 Å². The molecule has 0 aromatic rings. The number of rotatable bonds is 3. The van der Waals surface area contributed by atoms with Gasteiger partial charge in [-0.2, -0.15) is 0 Å². The molecule has 1 heterocycles. The van der Waals surface area contributed by atoms with Gasteiger partial charge in [0.25, 0.3) is 5.91 Å². The van der Waals surface area contributed by atoms with Crippen molar-refractivity contribution in [2.24, 2.45) is 5.73 Å². The highest BCUT2D eigenvalue weighted by molar-refractivity contribution is 5.80. The van der Waals surface area contributed by atoms with Crippen LogP contribution >= 0.6 is 0 Å². The Morgan fingerprint density at radius 1 is 1.79 bits per heavy atom. The molecule has 1 rings (SSSR count). The van der Waals surface area contributed by atoms with Crippen LogP contribution < -0.4 is 5.73 Å². The van der Waals surface area contributed by atoms with Gasteiger partial charge in [0.2, 0.25) is 0 Å². The van der Waals surface area contributed by atoms with E-state index in [0.29, 0.717) is 26.2 Å². The Hall–Kier alpha value is -0.650. The standard InChI is InChI=1S/C9H18N2O3/c1-7(13-2)9(12)11-3-4-14-8(5-10)6-11/h7-8H,3-6,10H2,1-2H3. The maximum absolute atomic E-state index is 11.7. The molecule has 0 aliphatic carbocycles. The minimum atomic E-state index is -0.383. The fraction of sp³-hybridized carbons (Fsp3) is 0.889. The van der Waals surface area contributed by atoms with Gasteiger partial charge in [0.05, 0.1) is 12.7 Å². The number of nitrogens with two attached hydrogens (primary N) is 1. The van der Waals surface area contributed by atoms with Crippen LogP contribution in [0.5, 0.6) is 0 Å². The molecule has 1 aliphatic rings. The van der Waals surface area contributed by atoms with Crippen molar-refractivity contribution in [3.8, 4) is 0 Å². The molecular weight excluding hydrogens is 184 g/mol. The quantitative estimate of drug-likeness (QED) is 0.651. The van der Waals surface area contributed by atoms with E-state index in [1.807, 2.05) is 0 Å². The van der Waals surface area contributed by atoms with Gasteiger partial charge in [-0.05, 0) is 6.92 Å². The lowest BCUT2D eigenvalue weighted by atomic mass is 10.2. The molecule has 2 atom stereocenters. The fourth-order valence-electron chi connectivity index (χ4n) is 1.42. The first-order valence-corrected chi connectivity index (χ1v) is 4.82. The van der Waals surface area contributed by atoms with Gasteiger partial charge in [-0.3, -0.25) is 4.79 Å². The highest BCUT2D eigenvalue weighted by Crippen LogP contribution is 2.06. The monoisotopic (exact) mass is 202 g/mol. The van der Waals surface area contributed by atoms with Crippen molar-refractivity contribution < 1.29 is 14.3 Å². The van der Waals surface area contributed by atoms with Crippen molar-refractivity contribution in [2.75, 3.05) is 33.4 Å². The normalized spacial score (nSPS) is 24.8. The summed E-state index contributed by atoms with van der Waals surface area (Å²) in [6.45, 7) is 3.95. The van der Waals surface area contributed by atoms with Crippen LogP contribution in [-0.2, 0) is 14.3 Å². The minimum absolute atomic E-state index is 0.00856. The van der Waals surface area contributed by atoms with Gasteiger partial charge in [0.15, 0.2) is 0 Å². The summed E-state index contributed by atoms with van der Waals surface area (Å²) in [6, 6.07) is 0. The van der Waals surface area contributed by atoms with Crippen molar-refractivity contribution in [1.82, 2.24) is 4.90 Å². The van der Waals surface area contributed by atoms with Gasteiger partial charge >= 0.3 is 0 Å². The lowest BCUT2D eigenvalue weighted by Gasteiger charge is -2.33. The molecular formula is C9H18N2O3. The van der Waals surface area contributed by atoms with Gasteiger partial charge in [-0.25, -0.2) is 0 Å². The zero-order chi connectivity index (χ0) is 10.6. The Kier molecular flexibility index (Phi) is 4.31. The van der Waals surface area contributed by atoms with Gasteiger partial charge < -0.3 is 20.1 Å². The second kappa shape index (κ2) is 5.29. The van der Waals surface area contributed by atoms with E-state index >= 15 is 0 Å². The SMILES string of the molecule is COC(C)C(=O)N1CCOC(CN)C1. The van der Waals surface area contributed by atoms with E-state index in [2.05, 4.69) is 0 Å². The Morgan fingerprint density at radius 2 is 2.50 bits per heavy atom. The van der Waals surface area contributed by atoms with E-state index in [0.717, 1.165) is 0 Å². The Labute approximate surface area is 84.1 Å². The smallest absolute Gasteiger partial charge is 0.251 e. The average molecular weight is 202 g/mol. The summed E-state index contributed by atoms with van der Waals surface area (Å²) in [4.78, 5) is 13.4. The van der Waals surface area contributed by atoms with Crippen molar-refractivity contribution in [2.45, 2.75) is 19.1 Å². The van der Waals surface area contributed by atoms with Gasteiger partial charge in [-0.1, -0.05) is 0 Å². The van der Waals surface area contributed by atoms with Crippen molar-refractivity contribution >= 4 is 5.91 Å². The number of morpholine rings is 1. The maximum atomic E-state index is 11.7. The van der Waals surface area contributed by atoms with E-state index in [1.165, 1.54) is 7.11 Å². The predicted octanol–water partition coefficient (Wildman–Crippen LogP) is -0.793. The highest BCUT2D eigenvalue weighted by atomic mass is 16.5. The van der Waals surface area contributed by atoms with E-state index < -0.39 is 0 Å². The molecule has 5 nitrogen and oxygen atoms in total. The third kappa shape index (κ3) is 2.67. The van der Waals surface area contributed by atoms with E-state index in [4.69, 9.17) is 15.2 Å². The molecule has 1 aliphatic heterocycles. The molecule has 82 valence electrons. The first-order valence-electron chi connectivity index (χ1n) is 4.82. The second-order valence-electron chi connectivity index (χ2n) is 3.39. The van der Waals surface area contributed by atoms with E-state index in [9.17, 15) is 4.79 Å². The summed E-state index contributed by atoms with van der Waals surface area (Å²) < 4.78 is 10.3. The number of ether oxygens (including phenoxy) is 2. The molecule has 1 amide bonds. The van der Waals surface area contributed by atoms with Gasteiger partial charge in [0.1, 0.15) is 6.10 Å². The summed E-state index contributed by atoms with van der Waals surface area (Å²) in [5, 5.41) is 0. The molecule has 0 aromatic heterocycles. The minimum Gasteiger partial charge on any atom is -0.373 e. The molecule has 1 saturated heterocycles. The van der Waals surface area contributed by atoms with Crippen molar-refractivity contribution in [3.05, 3.63) is 0 Å². The van der Waals surface area contributed by atoms with Crippen LogP contribution in [0.15, 0.2) is 0 Å². The molecule has 0 saturated carbocycles. The third-order valence-electron chi connectivity index (χ3n) is 2.41. The summed E-state index contributed by atoms with van der Waals surface area (Å²) >= 11 is 0. The molecule has 5 heteroatoms. The largest absolute Gasteiger partial charge is 0.373 e. The maximum Gasteiger partial charge on any atom is 0.251 e. The Balaban J connectivity index is 2.47. The van der Waals surface area contributed by atoms with Gasteiger partial charge in [0, 0.05) is 26.7 Å². The lowest BCUT2D eigenvalue weighted by molar-refractivity contribution is -0.148. The Morgan fingerprint density at radius 3 is 3.07 bits per heavy atom. The van der Waals surface area contributed by atoms with Gasteiger partial charge in [-0.15, -0.1) is 0 Å². The first-order chi connectivity index (χ1) is 6.69. The van der Waals surface area contributed by atoms with Crippen LogP contribution in [-0.4, -0.2) is 56.4 Å². The topological polar surface area (TPSA) is 64.8 Å². The van der Waals surface area contributed by atoms with Crippen LogP contribution in [0, 0.1) is 0 Å². The molecule has 0 radical (unpaired) electrons. The number of carbonyl (C=O) groups is 1. The summed E-state index contributed by atoms with van der Waals surface area (Å²) in [5.74, 6) is 0.00856. The van der Waals surface area contributed by atoms with E-state index in [1.54, 1.807) is 11.8 Å². The number of methoxy groups -OCH3 is 1. The van der Waals surface area contributed by atoms with Crippen LogP contribution in [0.1, 0.15) is 6.92 Å². The third-order valence-corrected chi connectivity index (χ3v) is 2.41. The van der Waals surface area contributed by atoms with E-state index in [-0.39, 0.29) is 18.1 Å². The molecule has 14 heavy (non-hydrogen) atoms. The fourth-order valence-corrected chi connectivity index (χ4v) is 1.42. The summed E-state index contributed by atoms with van der Waals surface area (Å²) in [5.41, 5.74) is 5.48. The highest BCUT2D eigenvalue weighted by Gasteiger charge is 2.26. The number of nitrogens with zero attached hydrogens (tertiary/aromatic N) is 1. The number of amides is 1. The summed E-state index contributed by atoms with van der Waals surface area (Å²) in [7, 11) is 1.53. The predicted molar refractivity (Wildman–Crippen MR) is 51.8 cm³/mol. The number of carbonyl (C=O) groups excluding carboxylic acids is 1. The second-order valence-corrected chi connectivity index (χ2v) is 3.39. The van der Waals surface area contributed by atoms with Crippen LogP contribution in [0.2, 0.25) is 0 Å². The molecule has 1 fully saturated rings. The number of hydrogen-bond acceptors (Lipinski definition) is 4. The number of hydrogen-bond donors (Lipinski definition) is 1. The molecule has 0 bridgehead atoms. The Bertz CT molecular complexity index is 198. The first kappa shape index (κ1) is 11.4. The van der Waals surface area contributed by atoms with Crippen molar-refractivity contribution in [1.29, 1.82) is 0 Å². The lowest BCUT2D eigenvalue weighted by Crippen LogP contribution is -2.50. The zero-order valence-corrected chi connectivity index (χ0v) is 8.73. The average Bonchev–Trinajstić information content (AvgIpc) is 2.27. The molecule has 2 N–H and O–H groups in total. The summed E-state index contributed by atoms with van der Waals surface area (Å²) in [6.07, 6.45) is -0.414. The van der Waals surface area contributed by atoms with Crippen molar-refractivity contribution in [3.63, 3.8) is 0 Å². The molecule has 0 aromatic carbocycles. The molecule has 0 spiro atoms. The zero-order valence-electron chi connectivity index (χ0n) is 8.73. The van der Waals surface area contributed by atoms with Crippen LogP contribution in [0.4, 0.5) is 0 Å². The van der Waals surface area contributed by atoms with Crippen LogP contribution in [0.25, 0.3) is 0 Å². The molecule has 2 unspecified atom stereocenters.